The van der Waals surface area contributed by atoms with Crippen molar-refractivity contribution in [3.63, 3.8) is 0 Å². The second-order valence-electron chi connectivity index (χ2n) is 4.95. The standard InChI is InChI=1S/C18H19N3/c1-3-13-9-5-6-10-14(13)18-20-16-12-8-7-11-15(16)17(21-18)19-4-2/h5-12H,3-4H2,1-2H3,(H,19,20,21). The van der Waals surface area contributed by atoms with Crippen LogP contribution in [0.1, 0.15) is 19.4 Å². The van der Waals surface area contributed by atoms with Gasteiger partial charge in [-0.3, -0.25) is 0 Å². The zero-order chi connectivity index (χ0) is 14.7. The average molecular weight is 277 g/mol. The summed E-state index contributed by atoms with van der Waals surface area (Å²) in [5.41, 5.74) is 3.37. The quantitative estimate of drug-likeness (QED) is 0.773. The Labute approximate surface area is 125 Å². The van der Waals surface area contributed by atoms with E-state index in [2.05, 4.69) is 43.4 Å². The molecule has 0 amide bonds. The van der Waals surface area contributed by atoms with Crippen LogP contribution in [0.15, 0.2) is 48.5 Å². The molecule has 0 spiro atoms. The zero-order valence-corrected chi connectivity index (χ0v) is 12.4. The largest absolute Gasteiger partial charge is 0.370 e. The molecule has 106 valence electrons. The Hall–Kier alpha value is -2.42. The Morgan fingerprint density at radius 1 is 0.905 bits per heavy atom. The molecule has 0 atom stereocenters. The van der Waals surface area contributed by atoms with Crippen LogP contribution >= 0.6 is 0 Å². The van der Waals surface area contributed by atoms with E-state index in [0.29, 0.717) is 0 Å². The summed E-state index contributed by atoms with van der Waals surface area (Å²) in [5, 5.41) is 4.41. The fraction of sp³-hybridized carbons (Fsp3) is 0.222. The van der Waals surface area contributed by atoms with E-state index in [9.17, 15) is 0 Å². The van der Waals surface area contributed by atoms with Gasteiger partial charge < -0.3 is 5.32 Å². The summed E-state index contributed by atoms with van der Waals surface area (Å²) >= 11 is 0. The van der Waals surface area contributed by atoms with E-state index in [1.54, 1.807) is 0 Å². The predicted octanol–water partition coefficient (Wildman–Crippen LogP) is 4.29. The summed E-state index contributed by atoms with van der Waals surface area (Å²) in [7, 11) is 0. The number of rotatable bonds is 4. The highest BCUT2D eigenvalue weighted by Crippen LogP contribution is 2.26. The van der Waals surface area contributed by atoms with Gasteiger partial charge in [0.25, 0.3) is 0 Å². The number of nitrogens with one attached hydrogen (secondary N) is 1. The smallest absolute Gasteiger partial charge is 0.162 e. The van der Waals surface area contributed by atoms with Gasteiger partial charge in [-0.2, -0.15) is 0 Å². The van der Waals surface area contributed by atoms with Gasteiger partial charge in [-0.25, -0.2) is 9.97 Å². The first-order chi connectivity index (χ1) is 10.3. The van der Waals surface area contributed by atoms with E-state index >= 15 is 0 Å². The Kier molecular flexibility index (Phi) is 3.82. The minimum atomic E-state index is 0.794. The zero-order valence-electron chi connectivity index (χ0n) is 12.4. The van der Waals surface area contributed by atoms with Gasteiger partial charge in [0, 0.05) is 17.5 Å². The highest BCUT2D eigenvalue weighted by Gasteiger charge is 2.10. The molecule has 0 aliphatic heterocycles. The number of anilines is 1. The fourth-order valence-corrected chi connectivity index (χ4v) is 2.55. The Bertz CT molecular complexity index is 765. The van der Waals surface area contributed by atoms with Gasteiger partial charge in [0.1, 0.15) is 5.82 Å². The number of aryl methyl sites for hydroxylation is 1. The van der Waals surface area contributed by atoms with Crippen LogP contribution in [0.4, 0.5) is 5.82 Å². The molecule has 2 aromatic carbocycles. The molecule has 0 bridgehead atoms. The van der Waals surface area contributed by atoms with Crippen LogP contribution in [0.2, 0.25) is 0 Å². The summed E-state index contributed by atoms with van der Waals surface area (Å²) < 4.78 is 0. The van der Waals surface area contributed by atoms with Gasteiger partial charge >= 0.3 is 0 Å². The average Bonchev–Trinajstić information content (AvgIpc) is 2.55. The van der Waals surface area contributed by atoms with Gasteiger partial charge in [-0.15, -0.1) is 0 Å². The first kappa shape index (κ1) is 13.6. The highest BCUT2D eigenvalue weighted by molar-refractivity contribution is 5.90. The Balaban J connectivity index is 2.23. The SMILES string of the molecule is CCNc1nc(-c2ccccc2CC)nc2ccccc12. The summed E-state index contributed by atoms with van der Waals surface area (Å²) in [6.07, 6.45) is 0.975. The van der Waals surface area contributed by atoms with Crippen molar-refractivity contribution in [3.05, 3.63) is 54.1 Å². The lowest BCUT2D eigenvalue weighted by Gasteiger charge is -2.11. The van der Waals surface area contributed by atoms with E-state index in [-0.39, 0.29) is 0 Å². The predicted molar refractivity (Wildman–Crippen MR) is 88.5 cm³/mol. The molecule has 0 saturated heterocycles. The molecule has 1 heterocycles. The number of benzene rings is 2. The van der Waals surface area contributed by atoms with Gasteiger partial charge in [0.15, 0.2) is 5.82 Å². The fourth-order valence-electron chi connectivity index (χ4n) is 2.55. The van der Waals surface area contributed by atoms with Crippen molar-refractivity contribution < 1.29 is 0 Å². The molecule has 0 aliphatic rings. The van der Waals surface area contributed by atoms with Crippen molar-refractivity contribution in [3.8, 4) is 11.4 Å². The van der Waals surface area contributed by atoms with Crippen LogP contribution in [0.5, 0.6) is 0 Å². The van der Waals surface area contributed by atoms with E-state index in [4.69, 9.17) is 9.97 Å². The Morgan fingerprint density at radius 3 is 2.48 bits per heavy atom. The molecule has 1 aromatic heterocycles. The van der Waals surface area contributed by atoms with Gasteiger partial charge in [-0.1, -0.05) is 43.3 Å². The normalized spacial score (nSPS) is 10.8. The van der Waals surface area contributed by atoms with Crippen LogP contribution in [0.25, 0.3) is 22.3 Å². The van der Waals surface area contributed by atoms with Crippen LogP contribution in [0, 0.1) is 0 Å². The van der Waals surface area contributed by atoms with Crippen molar-refractivity contribution in [2.45, 2.75) is 20.3 Å². The molecular weight excluding hydrogens is 258 g/mol. The summed E-state index contributed by atoms with van der Waals surface area (Å²) in [6, 6.07) is 16.5. The van der Waals surface area contributed by atoms with Gasteiger partial charge in [-0.05, 0) is 31.0 Å². The summed E-state index contributed by atoms with van der Waals surface area (Å²) in [6.45, 7) is 5.08. The van der Waals surface area contributed by atoms with Crippen LogP contribution in [0.3, 0.4) is 0 Å². The molecule has 0 aliphatic carbocycles. The van der Waals surface area contributed by atoms with Crippen molar-refractivity contribution in [1.82, 2.24) is 9.97 Å². The van der Waals surface area contributed by atoms with Crippen molar-refractivity contribution in [1.29, 1.82) is 0 Å². The van der Waals surface area contributed by atoms with E-state index < -0.39 is 0 Å². The first-order valence-electron chi connectivity index (χ1n) is 7.42. The van der Waals surface area contributed by atoms with E-state index in [1.165, 1.54) is 5.56 Å². The van der Waals surface area contributed by atoms with Crippen LogP contribution in [-0.4, -0.2) is 16.5 Å². The van der Waals surface area contributed by atoms with E-state index in [1.807, 2.05) is 24.3 Å². The third-order valence-electron chi connectivity index (χ3n) is 3.59. The number of nitrogens with zero attached hydrogens (tertiary/aromatic N) is 2. The Morgan fingerprint density at radius 2 is 1.67 bits per heavy atom. The molecule has 0 saturated carbocycles. The molecule has 0 fully saturated rings. The maximum Gasteiger partial charge on any atom is 0.162 e. The number of aromatic nitrogens is 2. The topological polar surface area (TPSA) is 37.8 Å². The maximum absolute atomic E-state index is 4.75. The molecular formula is C18H19N3. The van der Waals surface area contributed by atoms with Gasteiger partial charge in [0.05, 0.1) is 5.52 Å². The molecule has 0 radical (unpaired) electrons. The second kappa shape index (κ2) is 5.92. The van der Waals surface area contributed by atoms with Crippen molar-refractivity contribution >= 4 is 16.7 Å². The second-order valence-corrected chi connectivity index (χ2v) is 4.95. The van der Waals surface area contributed by atoms with Crippen LogP contribution < -0.4 is 5.32 Å². The van der Waals surface area contributed by atoms with Crippen molar-refractivity contribution in [2.75, 3.05) is 11.9 Å². The van der Waals surface area contributed by atoms with Crippen molar-refractivity contribution in [2.24, 2.45) is 0 Å². The molecule has 21 heavy (non-hydrogen) atoms. The maximum atomic E-state index is 4.75. The lowest BCUT2D eigenvalue weighted by molar-refractivity contribution is 1.11. The minimum Gasteiger partial charge on any atom is -0.370 e. The molecule has 1 N–H and O–H groups in total. The minimum absolute atomic E-state index is 0.794. The number of para-hydroxylation sites is 1. The summed E-state index contributed by atoms with van der Waals surface area (Å²) in [4.78, 5) is 9.49. The van der Waals surface area contributed by atoms with E-state index in [0.717, 1.165) is 41.1 Å². The lowest BCUT2D eigenvalue weighted by Crippen LogP contribution is -2.03. The monoisotopic (exact) mass is 277 g/mol. The molecule has 3 rings (SSSR count). The third kappa shape index (κ3) is 2.59. The molecule has 3 heteroatoms. The molecule has 0 unspecified atom stereocenters. The number of fused-ring (bicyclic) bond motifs is 1. The number of hydrogen-bond donors (Lipinski definition) is 1. The number of hydrogen-bond acceptors (Lipinski definition) is 3. The molecule has 3 nitrogen and oxygen atoms in total. The summed E-state index contributed by atoms with van der Waals surface area (Å²) in [5.74, 6) is 1.70. The van der Waals surface area contributed by atoms with Crippen LogP contribution in [-0.2, 0) is 6.42 Å². The third-order valence-corrected chi connectivity index (χ3v) is 3.59. The molecule has 3 aromatic rings. The first-order valence-corrected chi connectivity index (χ1v) is 7.42. The highest BCUT2D eigenvalue weighted by atomic mass is 15.0. The van der Waals surface area contributed by atoms with Gasteiger partial charge in [0.2, 0.25) is 0 Å². The lowest BCUT2D eigenvalue weighted by atomic mass is 10.0.